The number of Topliss-reactive ketones (excluding diaryl/α,β-unsaturated/α-hetero) is 1. The van der Waals surface area contributed by atoms with Crippen molar-refractivity contribution in [2.75, 3.05) is 6.54 Å². The molecule has 0 aliphatic heterocycles. The lowest BCUT2D eigenvalue weighted by atomic mass is 10.1. The lowest BCUT2D eigenvalue weighted by Crippen LogP contribution is -2.26. The van der Waals surface area contributed by atoms with Crippen molar-refractivity contribution in [2.24, 2.45) is 5.73 Å². The Kier molecular flexibility index (Phi) is 6.14. The van der Waals surface area contributed by atoms with Gasteiger partial charge in [-0.15, -0.1) is 10.2 Å². The third-order valence-electron chi connectivity index (χ3n) is 2.51. The highest BCUT2D eigenvalue weighted by molar-refractivity contribution is 5.77. The summed E-state index contributed by atoms with van der Waals surface area (Å²) < 4.78 is 5.40. The predicted molar refractivity (Wildman–Crippen MR) is 68.1 cm³/mol. The zero-order valence-electron chi connectivity index (χ0n) is 11.3. The molecular weight excluding hydrogens is 248 g/mol. The second-order valence-electron chi connectivity index (χ2n) is 4.45. The van der Waals surface area contributed by atoms with Crippen LogP contribution in [0, 0.1) is 0 Å². The van der Waals surface area contributed by atoms with E-state index in [1.807, 2.05) is 0 Å². The summed E-state index contributed by atoms with van der Waals surface area (Å²) in [5.74, 6) is 0.402. The second-order valence-corrected chi connectivity index (χ2v) is 4.45. The lowest BCUT2D eigenvalue weighted by Gasteiger charge is -2.13. The Labute approximate surface area is 111 Å². The SMILES string of the molecule is CC(=O)Cc1nnc(C(CCCCN)NC(C)=O)o1. The number of ketones is 1. The third kappa shape index (κ3) is 5.60. The van der Waals surface area contributed by atoms with Crippen molar-refractivity contribution in [1.82, 2.24) is 15.5 Å². The van der Waals surface area contributed by atoms with E-state index >= 15 is 0 Å². The molecule has 1 atom stereocenters. The Bertz CT molecular complexity index is 430. The van der Waals surface area contributed by atoms with Gasteiger partial charge in [-0.1, -0.05) is 0 Å². The van der Waals surface area contributed by atoms with Crippen LogP contribution in [-0.4, -0.2) is 28.4 Å². The topological polar surface area (TPSA) is 111 Å². The maximum atomic E-state index is 11.2. The molecule has 0 aliphatic carbocycles. The van der Waals surface area contributed by atoms with Crippen molar-refractivity contribution < 1.29 is 14.0 Å². The molecule has 0 bridgehead atoms. The van der Waals surface area contributed by atoms with Gasteiger partial charge in [0.05, 0.1) is 6.42 Å². The fourth-order valence-corrected chi connectivity index (χ4v) is 1.69. The highest BCUT2D eigenvalue weighted by Crippen LogP contribution is 2.18. The molecule has 1 rings (SSSR count). The summed E-state index contributed by atoms with van der Waals surface area (Å²) in [6.07, 6.45) is 2.51. The van der Waals surface area contributed by atoms with E-state index in [0.717, 1.165) is 12.8 Å². The number of aromatic nitrogens is 2. The minimum atomic E-state index is -0.322. The summed E-state index contributed by atoms with van der Waals surface area (Å²) in [4.78, 5) is 22.1. The standard InChI is InChI=1S/C12H20N4O3/c1-8(17)7-11-15-16-12(19-11)10(14-9(2)18)5-3-4-6-13/h10H,3-7,13H2,1-2H3,(H,14,18). The summed E-state index contributed by atoms with van der Waals surface area (Å²) in [5.41, 5.74) is 5.44. The summed E-state index contributed by atoms with van der Waals surface area (Å²) in [6.45, 7) is 3.49. The van der Waals surface area contributed by atoms with Gasteiger partial charge in [-0.3, -0.25) is 9.59 Å². The van der Waals surface area contributed by atoms with Gasteiger partial charge in [-0.05, 0) is 32.7 Å². The zero-order chi connectivity index (χ0) is 14.3. The molecule has 1 heterocycles. The molecule has 1 aromatic rings. The van der Waals surface area contributed by atoms with Gasteiger partial charge in [0.15, 0.2) is 0 Å². The number of amides is 1. The third-order valence-corrected chi connectivity index (χ3v) is 2.51. The number of hydrogen-bond acceptors (Lipinski definition) is 6. The Balaban J connectivity index is 2.69. The lowest BCUT2D eigenvalue weighted by molar-refractivity contribution is -0.120. The van der Waals surface area contributed by atoms with E-state index in [1.54, 1.807) is 0 Å². The molecule has 7 heteroatoms. The molecule has 1 amide bonds. The van der Waals surface area contributed by atoms with Crippen molar-refractivity contribution in [3.63, 3.8) is 0 Å². The molecular formula is C12H20N4O3. The maximum absolute atomic E-state index is 11.2. The van der Waals surface area contributed by atoms with Crippen molar-refractivity contribution in [3.05, 3.63) is 11.8 Å². The molecule has 3 N–H and O–H groups in total. The van der Waals surface area contributed by atoms with Crippen molar-refractivity contribution in [3.8, 4) is 0 Å². The Morgan fingerprint density at radius 3 is 2.63 bits per heavy atom. The molecule has 1 unspecified atom stereocenters. The van der Waals surface area contributed by atoms with Crippen molar-refractivity contribution in [1.29, 1.82) is 0 Å². The Morgan fingerprint density at radius 2 is 2.05 bits per heavy atom. The molecule has 0 aliphatic rings. The summed E-state index contributed by atoms with van der Waals surface area (Å²) >= 11 is 0. The number of hydrogen-bond donors (Lipinski definition) is 2. The van der Waals surface area contributed by atoms with Gasteiger partial charge >= 0.3 is 0 Å². The van der Waals surface area contributed by atoms with Crippen LogP contribution < -0.4 is 11.1 Å². The van der Waals surface area contributed by atoms with E-state index in [1.165, 1.54) is 13.8 Å². The largest absolute Gasteiger partial charge is 0.423 e. The van der Waals surface area contributed by atoms with E-state index in [4.69, 9.17) is 10.2 Å². The van der Waals surface area contributed by atoms with E-state index in [0.29, 0.717) is 18.9 Å². The molecule has 0 radical (unpaired) electrons. The fraction of sp³-hybridized carbons (Fsp3) is 0.667. The number of nitrogens with two attached hydrogens (primary N) is 1. The van der Waals surface area contributed by atoms with E-state index < -0.39 is 0 Å². The van der Waals surface area contributed by atoms with Gasteiger partial charge in [0.25, 0.3) is 0 Å². The van der Waals surface area contributed by atoms with Gasteiger partial charge in [0, 0.05) is 6.92 Å². The van der Waals surface area contributed by atoms with Gasteiger partial charge < -0.3 is 15.5 Å². The highest BCUT2D eigenvalue weighted by atomic mass is 16.4. The Hall–Kier alpha value is -1.76. The van der Waals surface area contributed by atoms with E-state index in [2.05, 4.69) is 15.5 Å². The minimum absolute atomic E-state index is 0.0468. The zero-order valence-corrected chi connectivity index (χ0v) is 11.3. The first-order chi connectivity index (χ1) is 9.02. The number of carbonyl (C=O) groups is 2. The van der Waals surface area contributed by atoms with Crippen LogP contribution in [0.2, 0.25) is 0 Å². The first-order valence-electron chi connectivity index (χ1n) is 6.31. The first kappa shape index (κ1) is 15.3. The van der Waals surface area contributed by atoms with Crippen LogP contribution >= 0.6 is 0 Å². The minimum Gasteiger partial charge on any atom is -0.423 e. The van der Waals surface area contributed by atoms with Crippen molar-refractivity contribution >= 4 is 11.7 Å². The average Bonchev–Trinajstić information content (AvgIpc) is 2.75. The molecule has 0 aromatic carbocycles. The van der Waals surface area contributed by atoms with Crippen LogP contribution in [0.5, 0.6) is 0 Å². The molecule has 19 heavy (non-hydrogen) atoms. The van der Waals surface area contributed by atoms with E-state index in [9.17, 15) is 9.59 Å². The number of carbonyl (C=O) groups excluding carboxylic acids is 2. The highest BCUT2D eigenvalue weighted by Gasteiger charge is 2.19. The summed E-state index contributed by atoms with van der Waals surface area (Å²) in [6, 6.07) is -0.322. The van der Waals surface area contributed by atoms with Gasteiger partial charge in [-0.2, -0.15) is 0 Å². The first-order valence-corrected chi connectivity index (χ1v) is 6.31. The Morgan fingerprint density at radius 1 is 1.32 bits per heavy atom. The van der Waals surface area contributed by atoms with Gasteiger partial charge in [0.1, 0.15) is 11.8 Å². The van der Waals surface area contributed by atoms with Crippen LogP contribution in [0.3, 0.4) is 0 Å². The fourth-order valence-electron chi connectivity index (χ4n) is 1.69. The van der Waals surface area contributed by atoms with Crippen LogP contribution in [0.4, 0.5) is 0 Å². The average molecular weight is 268 g/mol. The molecule has 7 nitrogen and oxygen atoms in total. The smallest absolute Gasteiger partial charge is 0.238 e. The number of rotatable bonds is 8. The molecule has 0 saturated carbocycles. The van der Waals surface area contributed by atoms with Crippen LogP contribution in [0.25, 0.3) is 0 Å². The second kappa shape index (κ2) is 7.63. The number of nitrogens with zero attached hydrogens (tertiary/aromatic N) is 2. The molecule has 106 valence electrons. The molecule has 0 fully saturated rings. The number of nitrogens with one attached hydrogen (secondary N) is 1. The van der Waals surface area contributed by atoms with Crippen LogP contribution in [0.1, 0.15) is 50.9 Å². The van der Waals surface area contributed by atoms with Crippen LogP contribution in [-0.2, 0) is 16.0 Å². The monoisotopic (exact) mass is 268 g/mol. The van der Waals surface area contributed by atoms with Gasteiger partial charge in [-0.25, -0.2) is 0 Å². The molecule has 1 aromatic heterocycles. The van der Waals surface area contributed by atoms with Crippen LogP contribution in [0.15, 0.2) is 4.42 Å². The predicted octanol–water partition coefficient (Wildman–Crippen LogP) is 0.507. The quantitative estimate of drug-likeness (QED) is 0.664. The summed E-state index contributed by atoms with van der Waals surface area (Å²) in [7, 11) is 0. The van der Waals surface area contributed by atoms with Gasteiger partial charge in [0.2, 0.25) is 17.7 Å². The number of unbranched alkanes of at least 4 members (excludes halogenated alkanes) is 1. The molecule has 0 saturated heterocycles. The molecule has 0 spiro atoms. The normalized spacial score (nSPS) is 12.2. The summed E-state index contributed by atoms with van der Waals surface area (Å²) in [5, 5.41) is 10.4. The van der Waals surface area contributed by atoms with Crippen molar-refractivity contribution in [2.45, 2.75) is 45.6 Å². The van der Waals surface area contributed by atoms with E-state index in [-0.39, 0.29) is 30.0 Å². The maximum Gasteiger partial charge on any atom is 0.238 e.